The van der Waals surface area contributed by atoms with Gasteiger partial charge in [0.25, 0.3) is 10.0 Å². The van der Waals surface area contributed by atoms with Crippen molar-refractivity contribution in [1.29, 1.82) is 0 Å². The highest BCUT2D eigenvalue weighted by atomic mass is 32.2. The van der Waals surface area contributed by atoms with Gasteiger partial charge in [0.1, 0.15) is 13.1 Å². The quantitative estimate of drug-likeness (QED) is 0.606. The van der Waals surface area contributed by atoms with E-state index in [4.69, 9.17) is 0 Å². The average Bonchev–Trinajstić information content (AvgIpc) is 2.69. The van der Waals surface area contributed by atoms with E-state index in [2.05, 4.69) is 0 Å². The third kappa shape index (κ3) is 1.97. The molecule has 0 spiro atoms. The van der Waals surface area contributed by atoms with Crippen LogP contribution in [0.25, 0.3) is 0 Å². The molecule has 3 rings (SSSR count). The van der Waals surface area contributed by atoms with Crippen molar-refractivity contribution in [1.82, 2.24) is 4.31 Å². The van der Waals surface area contributed by atoms with Gasteiger partial charge in [0.2, 0.25) is 6.67 Å². The first-order valence-corrected chi connectivity index (χ1v) is 7.32. The molecule has 6 heteroatoms. The molecule has 2 heterocycles. The third-order valence-electron chi connectivity index (χ3n) is 3.51. The van der Waals surface area contributed by atoms with Crippen molar-refractivity contribution >= 4 is 10.0 Å². The van der Waals surface area contributed by atoms with Crippen LogP contribution in [-0.4, -0.2) is 45.8 Å². The molecule has 5 nitrogen and oxygen atoms in total. The van der Waals surface area contributed by atoms with Crippen LogP contribution in [0.3, 0.4) is 0 Å². The molecule has 0 saturated carbocycles. The van der Waals surface area contributed by atoms with Crippen molar-refractivity contribution in [2.24, 2.45) is 0 Å². The highest BCUT2D eigenvalue weighted by Gasteiger charge is 2.41. The van der Waals surface area contributed by atoms with Gasteiger partial charge >= 0.3 is 0 Å². The fraction of sp³-hybridized carbons (Fsp3) is 0.455. The molecule has 0 radical (unpaired) electrons. The fourth-order valence-corrected chi connectivity index (χ4v) is 4.12. The predicted octanol–water partition coefficient (Wildman–Crippen LogP) is -2.65. The number of benzene rings is 1. The minimum Gasteiger partial charge on any atom is -0.270 e. The summed E-state index contributed by atoms with van der Waals surface area (Å²) in [4.78, 5) is 3.14. The van der Waals surface area contributed by atoms with E-state index >= 15 is 0 Å². The SMILES string of the molecule is O=S(=O)(c1ccccc1)N1C[NH+]2CC[NH+](C1)C2. The Bertz CT molecular complexity index is 491. The van der Waals surface area contributed by atoms with Gasteiger partial charge in [-0.15, -0.1) is 0 Å². The van der Waals surface area contributed by atoms with Gasteiger partial charge in [-0.1, -0.05) is 22.5 Å². The van der Waals surface area contributed by atoms with Crippen LogP contribution in [0.5, 0.6) is 0 Å². The molecule has 0 aromatic heterocycles. The molecule has 2 aliphatic heterocycles. The van der Waals surface area contributed by atoms with Gasteiger partial charge in [0, 0.05) is 0 Å². The van der Waals surface area contributed by atoms with Crippen LogP contribution in [0.2, 0.25) is 0 Å². The Morgan fingerprint density at radius 2 is 1.59 bits per heavy atom. The zero-order chi connectivity index (χ0) is 11.9. The fourth-order valence-electron chi connectivity index (χ4n) is 2.62. The van der Waals surface area contributed by atoms with Crippen molar-refractivity contribution in [3.8, 4) is 0 Å². The molecule has 1 aromatic rings. The molecule has 0 aliphatic carbocycles. The number of hydrogen-bond donors (Lipinski definition) is 2. The summed E-state index contributed by atoms with van der Waals surface area (Å²) in [6.07, 6.45) is 0. The lowest BCUT2D eigenvalue weighted by Gasteiger charge is -2.28. The Labute approximate surface area is 101 Å². The lowest BCUT2D eigenvalue weighted by atomic mass is 10.4. The predicted molar refractivity (Wildman–Crippen MR) is 61.7 cm³/mol. The molecular formula is C11H17N3O2S+2. The molecule has 2 bridgehead atoms. The van der Waals surface area contributed by atoms with Crippen molar-refractivity contribution in [2.45, 2.75) is 4.90 Å². The minimum absolute atomic E-state index is 0.405. The Morgan fingerprint density at radius 3 is 2.18 bits per heavy atom. The zero-order valence-electron chi connectivity index (χ0n) is 9.59. The molecule has 2 aliphatic rings. The first-order chi connectivity index (χ1) is 8.16. The van der Waals surface area contributed by atoms with E-state index in [1.54, 1.807) is 28.6 Å². The lowest BCUT2D eigenvalue weighted by molar-refractivity contribution is -1.06. The molecular weight excluding hydrogens is 238 g/mol. The van der Waals surface area contributed by atoms with Crippen molar-refractivity contribution in [3.05, 3.63) is 30.3 Å². The molecule has 2 fully saturated rings. The Balaban J connectivity index is 1.89. The van der Waals surface area contributed by atoms with E-state index in [1.165, 1.54) is 9.80 Å². The maximum Gasteiger partial charge on any atom is 0.252 e. The minimum atomic E-state index is -3.30. The van der Waals surface area contributed by atoms with Crippen LogP contribution >= 0.6 is 0 Å². The van der Waals surface area contributed by atoms with E-state index < -0.39 is 10.0 Å². The van der Waals surface area contributed by atoms with Crippen molar-refractivity contribution < 1.29 is 18.2 Å². The Hall–Kier alpha value is -0.950. The summed E-state index contributed by atoms with van der Waals surface area (Å²) in [5, 5.41) is 0. The summed E-state index contributed by atoms with van der Waals surface area (Å²) in [6.45, 7) is 4.44. The third-order valence-corrected chi connectivity index (χ3v) is 5.32. The van der Waals surface area contributed by atoms with Crippen LogP contribution in [0.4, 0.5) is 0 Å². The molecule has 2 saturated heterocycles. The summed E-state index contributed by atoms with van der Waals surface area (Å²) < 4.78 is 26.4. The number of hydrogen-bond acceptors (Lipinski definition) is 2. The Kier molecular flexibility index (Phi) is 2.67. The maximum absolute atomic E-state index is 12.4. The van der Waals surface area contributed by atoms with Crippen LogP contribution in [-0.2, 0) is 10.0 Å². The van der Waals surface area contributed by atoms with Gasteiger partial charge in [-0.05, 0) is 12.1 Å². The number of quaternary nitrogens is 2. The van der Waals surface area contributed by atoms with Gasteiger partial charge in [0.15, 0.2) is 13.3 Å². The lowest BCUT2D eigenvalue weighted by Crippen LogP contribution is -3.28. The van der Waals surface area contributed by atoms with Gasteiger partial charge < -0.3 is 0 Å². The highest BCUT2D eigenvalue weighted by molar-refractivity contribution is 7.89. The first kappa shape index (κ1) is 11.2. The maximum atomic E-state index is 12.4. The largest absolute Gasteiger partial charge is 0.270 e. The standard InChI is InChI=1S/C11H15N3O2S/c15-17(16,11-4-2-1-3-5-11)14-9-12-6-7-13(8-12)10-14/h1-5H,6-10H2/p+2. The van der Waals surface area contributed by atoms with Gasteiger partial charge in [-0.3, -0.25) is 9.80 Å². The number of sulfonamides is 1. The number of nitrogens with one attached hydrogen (secondary N) is 2. The second-order valence-corrected chi connectivity index (χ2v) is 6.70. The summed E-state index contributed by atoms with van der Waals surface area (Å²) in [7, 11) is -3.30. The van der Waals surface area contributed by atoms with Crippen molar-refractivity contribution in [3.63, 3.8) is 0 Å². The molecule has 2 N–H and O–H groups in total. The molecule has 0 amide bonds. The van der Waals surface area contributed by atoms with Crippen molar-refractivity contribution in [2.75, 3.05) is 33.1 Å². The van der Waals surface area contributed by atoms with Crippen LogP contribution in [0, 0.1) is 0 Å². The van der Waals surface area contributed by atoms with E-state index in [1.807, 2.05) is 6.07 Å². The van der Waals surface area contributed by atoms with Crippen LogP contribution < -0.4 is 9.80 Å². The normalized spacial score (nSPS) is 29.4. The van der Waals surface area contributed by atoms with E-state index in [0.717, 1.165) is 19.8 Å². The van der Waals surface area contributed by atoms with Gasteiger partial charge in [0.05, 0.1) is 4.90 Å². The monoisotopic (exact) mass is 255 g/mol. The molecule has 92 valence electrons. The number of fused-ring (bicyclic) bond motifs is 2. The average molecular weight is 255 g/mol. The smallest absolute Gasteiger partial charge is 0.252 e. The van der Waals surface area contributed by atoms with Crippen LogP contribution in [0.15, 0.2) is 35.2 Å². The van der Waals surface area contributed by atoms with Gasteiger partial charge in [-0.2, -0.15) is 0 Å². The zero-order valence-corrected chi connectivity index (χ0v) is 10.4. The van der Waals surface area contributed by atoms with E-state index in [9.17, 15) is 8.42 Å². The Morgan fingerprint density at radius 1 is 1.00 bits per heavy atom. The second-order valence-electron chi connectivity index (χ2n) is 4.76. The highest BCUT2D eigenvalue weighted by Crippen LogP contribution is 2.13. The number of rotatable bonds is 2. The first-order valence-electron chi connectivity index (χ1n) is 5.88. The summed E-state index contributed by atoms with van der Waals surface area (Å²) in [5.74, 6) is 0. The topological polar surface area (TPSA) is 46.3 Å². The molecule has 17 heavy (non-hydrogen) atoms. The second kappa shape index (κ2) is 4.06. The van der Waals surface area contributed by atoms with Crippen LogP contribution in [0.1, 0.15) is 0 Å². The molecule has 2 atom stereocenters. The van der Waals surface area contributed by atoms with E-state index in [-0.39, 0.29) is 0 Å². The number of nitrogens with zero attached hydrogens (tertiary/aromatic N) is 1. The summed E-state index contributed by atoms with van der Waals surface area (Å²) in [5.41, 5.74) is 0. The molecule has 1 aromatic carbocycles. The molecule has 2 unspecified atom stereocenters. The summed E-state index contributed by atoms with van der Waals surface area (Å²) in [6, 6.07) is 8.71. The summed E-state index contributed by atoms with van der Waals surface area (Å²) >= 11 is 0. The van der Waals surface area contributed by atoms with Gasteiger partial charge in [-0.25, -0.2) is 8.42 Å². The van der Waals surface area contributed by atoms with E-state index in [0.29, 0.717) is 18.2 Å².